The fourth-order valence-corrected chi connectivity index (χ4v) is 3.11. The molecule has 116 valence electrons. The molecule has 2 atom stereocenters. The van der Waals surface area contributed by atoms with Gasteiger partial charge < -0.3 is 10.2 Å². The van der Waals surface area contributed by atoms with Gasteiger partial charge in [0.15, 0.2) is 0 Å². The van der Waals surface area contributed by atoms with E-state index in [0.717, 1.165) is 23.5 Å². The molecule has 5 nitrogen and oxygen atoms in total. The van der Waals surface area contributed by atoms with E-state index in [4.69, 9.17) is 0 Å². The Bertz CT molecular complexity index is 515. The Morgan fingerprint density at radius 1 is 1.52 bits per heavy atom. The number of carbonyl (C=O) groups excluding carboxylic acids is 2. The molecule has 0 aliphatic carbocycles. The molecule has 0 bridgehead atoms. The number of hydrogen-bond donors (Lipinski definition) is 1. The first kappa shape index (κ1) is 15.9. The minimum atomic E-state index is -0.387. The molecule has 1 fully saturated rings. The highest BCUT2D eigenvalue weighted by Gasteiger charge is 2.32. The minimum Gasteiger partial charge on any atom is -0.344 e. The molecular formula is C15H23N3O2S. The number of thiazole rings is 1. The van der Waals surface area contributed by atoms with Gasteiger partial charge in [-0.05, 0) is 12.8 Å². The van der Waals surface area contributed by atoms with Gasteiger partial charge in [0.25, 0.3) is 0 Å². The van der Waals surface area contributed by atoms with Crippen LogP contribution in [0.5, 0.6) is 0 Å². The van der Waals surface area contributed by atoms with Crippen LogP contribution in [0.25, 0.3) is 0 Å². The molecular weight excluding hydrogens is 286 g/mol. The third-order valence-electron chi connectivity index (χ3n) is 4.02. The third kappa shape index (κ3) is 4.03. The van der Waals surface area contributed by atoms with Gasteiger partial charge in [-0.3, -0.25) is 9.59 Å². The fourth-order valence-electron chi connectivity index (χ4n) is 2.47. The highest BCUT2D eigenvalue weighted by Crippen LogP contribution is 2.15. The van der Waals surface area contributed by atoms with Crippen LogP contribution in [0, 0.1) is 12.8 Å². The second-order valence-corrected chi connectivity index (χ2v) is 6.68. The van der Waals surface area contributed by atoms with Gasteiger partial charge >= 0.3 is 0 Å². The van der Waals surface area contributed by atoms with Crippen molar-refractivity contribution in [3.63, 3.8) is 0 Å². The summed E-state index contributed by atoms with van der Waals surface area (Å²) in [5.41, 5.74) is 1.02. The largest absolute Gasteiger partial charge is 0.344 e. The quantitative estimate of drug-likeness (QED) is 0.901. The summed E-state index contributed by atoms with van der Waals surface area (Å²) >= 11 is 1.62. The minimum absolute atomic E-state index is 0.0272. The maximum atomic E-state index is 12.6. The number of hydrogen-bond acceptors (Lipinski definition) is 4. The van der Waals surface area contributed by atoms with E-state index in [-0.39, 0.29) is 23.8 Å². The molecule has 1 aliphatic rings. The van der Waals surface area contributed by atoms with Crippen molar-refractivity contribution in [1.82, 2.24) is 15.2 Å². The summed E-state index contributed by atoms with van der Waals surface area (Å²) in [6.45, 7) is 7.16. The number of rotatable bonds is 5. The van der Waals surface area contributed by atoms with Gasteiger partial charge in [0.1, 0.15) is 6.04 Å². The number of nitrogens with zero attached hydrogens (tertiary/aromatic N) is 2. The van der Waals surface area contributed by atoms with E-state index in [0.29, 0.717) is 19.5 Å². The predicted octanol–water partition coefficient (Wildman–Crippen LogP) is 1.76. The third-order valence-corrected chi connectivity index (χ3v) is 4.84. The standard InChI is InChI=1S/C15H23N3O2S/c1-4-10(2)14-15(20)18(8-6-13(19)17-14)7-5-12-9-21-11(3)16-12/h9-10,14H,4-8H2,1-3H3,(H,17,19). The van der Waals surface area contributed by atoms with E-state index in [1.54, 1.807) is 11.3 Å². The topological polar surface area (TPSA) is 62.3 Å². The number of aromatic nitrogens is 1. The van der Waals surface area contributed by atoms with Crippen LogP contribution >= 0.6 is 11.3 Å². The Kier molecular flexibility index (Phi) is 5.33. The van der Waals surface area contributed by atoms with Crippen LogP contribution in [0.15, 0.2) is 5.38 Å². The van der Waals surface area contributed by atoms with E-state index in [1.165, 1.54) is 0 Å². The Morgan fingerprint density at radius 2 is 2.29 bits per heavy atom. The average Bonchev–Trinajstić information content (AvgIpc) is 2.82. The van der Waals surface area contributed by atoms with Crippen LogP contribution in [-0.4, -0.2) is 40.8 Å². The smallest absolute Gasteiger partial charge is 0.245 e. The molecule has 1 aromatic heterocycles. The molecule has 6 heteroatoms. The van der Waals surface area contributed by atoms with Crippen molar-refractivity contribution in [2.24, 2.45) is 5.92 Å². The normalized spacial score (nSPS) is 21.1. The summed E-state index contributed by atoms with van der Waals surface area (Å²) in [6, 6.07) is -0.387. The lowest BCUT2D eigenvalue weighted by molar-refractivity contribution is -0.134. The van der Waals surface area contributed by atoms with E-state index in [1.807, 2.05) is 31.1 Å². The van der Waals surface area contributed by atoms with Gasteiger partial charge in [-0.25, -0.2) is 4.98 Å². The molecule has 1 saturated heterocycles. The average molecular weight is 309 g/mol. The number of amides is 2. The molecule has 2 rings (SSSR count). The molecule has 1 N–H and O–H groups in total. The van der Waals surface area contributed by atoms with Gasteiger partial charge in [0, 0.05) is 31.3 Å². The molecule has 2 heterocycles. The van der Waals surface area contributed by atoms with Gasteiger partial charge in [0.05, 0.1) is 10.7 Å². The van der Waals surface area contributed by atoms with E-state index >= 15 is 0 Å². The molecule has 0 saturated carbocycles. The summed E-state index contributed by atoms with van der Waals surface area (Å²) in [4.78, 5) is 30.6. The van der Waals surface area contributed by atoms with Gasteiger partial charge in [-0.15, -0.1) is 11.3 Å². The lowest BCUT2D eigenvalue weighted by Gasteiger charge is -2.27. The van der Waals surface area contributed by atoms with Crippen molar-refractivity contribution in [1.29, 1.82) is 0 Å². The second-order valence-electron chi connectivity index (χ2n) is 5.61. The number of aryl methyl sites for hydroxylation is 1. The maximum absolute atomic E-state index is 12.6. The molecule has 0 radical (unpaired) electrons. The molecule has 21 heavy (non-hydrogen) atoms. The van der Waals surface area contributed by atoms with Crippen molar-refractivity contribution < 1.29 is 9.59 Å². The van der Waals surface area contributed by atoms with Crippen LogP contribution in [-0.2, 0) is 16.0 Å². The molecule has 2 unspecified atom stereocenters. The fraction of sp³-hybridized carbons (Fsp3) is 0.667. The summed E-state index contributed by atoms with van der Waals surface area (Å²) in [5.74, 6) is 0.173. The summed E-state index contributed by atoms with van der Waals surface area (Å²) in [6.07, 6.45) is 2.00. The molecule has 0 spiro atoms. The molecule has 2 amide bonds. The Hall–Kier alpha value is -1.43. The first-order chi connectivity index (χ1) is 10.0. The molecule has 1 aromatic rings. The van der Waals surface area contributed by atoms with Crippen molar-refractivity contribution >= 4 is 23.2 Å². The Morgan fingerprint density at radius 3 is 2.90 bits per heavy atom. The highest BCUT2D eigenvalue weighted by molar-refractivity contribution is 7.09. The Labute approximate surface area is 129 Å². The maximum Gasteiger partial charge on any atom is 0.245 e. The summed E-state index contributed by atoms with van der Waals surface area (Å²) in [5, 5.41) is 5.95. The highest BCUT2D eigenvalue weighted by atomic mass is 32.1. The summed E-state index contributed by atoms with van der Waals surface area (Å²) < 4.78 is 0. The van der Waals surface area contributed by atoms with Crippen LogP contribution in [0.4, 0.5) is 0 Å². The lowest BCUT2D eigenvalue weighted by Crippen LogP contribution is -2.48. The van der Waals surface area contributed by atoms with Crippen molar-refractivity contribution in [2.45, 2.75) is 46.1 Å². The van der Waals surface area contributed by atoms with Crippen LogP contribution in [0.1, 0.15) is 37.4 Å². The SMILES string of the molecule is CCC(C)C1NC(=O)CCN(CCc2csc(C)n2)C1=O. The zero-order chi connectivity index (χ0) is 15.4. The van der Waals surface area contributed by atoms with Gasteiger partial charge in [-0.1, -0.05) is 20.3 Å². The zero-order valence-corrected chi connectivity index (χ0v) is 13.7. The van der Waals surface area contributed by atoms with E-state index in [9.17, 15) is 9.59 Å². The van der Waals surface area contributed by atoms with E-state index < -0.39 is 0 Å². The summed E-state index contributed by atoms with van der Waals surface area (Å²) in [7, 11) is 0. The monoisotopic (exact) mass is 309 g/mol. The first-order valence-electron chi connectivity index (χ1n) is 7.50. The van der Waals surface area contributed by atoms with E-state index in [2.05, 4.69) is 10.3 Å². The lowest BCUT2D eigenvalue weighted by atomic mass is 9.98. The zero-order valence-electron chi connectivity index (χ0n) is 12.9. The number of nitrogens with one attached hydrogen (secondary N) is 1. The predicted molar refractivity (Wildman–Crippen MR) is 83.1 cm³/mol. The van der Waals surface area contributed by atoms with Crippen LogP contribution < -0.4 is 5.32 Å². The first-order valence-corrected chi connectivity index (χ1v) is 8.38. The van der Waals surface area contributed by atoms with Crippen LogP contribution in [0.2, 0.25) is 0 Å². The van der Waals surface area contributed by atoms with Gasteiger partial charge in [-0.2, -0.15) is 0 Å². The second kappa shape index (κ2) is 7.02. The van der Waals surface area contributed by atoms with Crippen LogP contribution in [0.3, 0.4) is 0 Å². The molecule has 1 aliphatic heterocycles. The van der Waals surface area contributed by atoms with Crippen molar-refractivity contribution in [2.75, 3.05) is 13.1 Å². The Balaban J connectivity index is 2.03. The molecule has 0 aromatic carbocycles. The van der Waals surface area contributed by atoms with Gasteiger partial charge in [0.2, 0.25) is 11.8 Å². The van der Waals surface area contributed by atoms with Crippen molar-refractivity contribution in [3.8, 4) is 0 Å². The number of carbonyl (C=O) groups is 2. The van der Waals surface area contributed by atoms with Crippen molar-refractivity contribution in [3.05, 3.63) is 16.1 Å².